The van der Waals surface area contributed by atoms with E-state index in [4.69, 9.17) is 0 Å². The molecule has 0 radical (unpaired) electrons. The normalized spacial score (nSPS) is 21.4. The smallest absolute Gasteiger partial charge is 0.238 e. The third kappa shape index (κ3) is 2.67. The summed E-state index contributed by atoms with van der Waals surface area (Å²) < 4.78 is 12.9. The molecule has 18 heavy (non-hydrogen) atoms. The number of nitrogens with zero attached hydrogens (tertiary/aromatic N) is 1. The van der Waals surface area contributed by atoms with Crippen LogP contribution < -0.4 is 5.32 Å². The van der Waals surface area contributed by atoms with Crippen LogP contribution in [0.4, 0.5) is 4.39 Å². The Morgan fingerprint density at radius 2 is 2.17 bits per heavy atom. The van der Waals surface area contributed by atoms with E-state index in [0.29, 0.717) is 6.54 Å². The molecular formula is C13H17FN2OS. The Morgan fingerprint density at radius 3 is 2.78 bits per heavy atom. The van der Waals surface area contributed by atoms with Crippen LogP contribution in [0.3, 0.4) is 0 Å². The van der Waals surface area contributed by atoms with Crippen molar-refractivity contribution in [2.45, 2.75) is 19.1 Å². The maximum absolute atomic E-state index is 12.9. The summed E-state index contributed by atoms with van der Waals surface area (Å²) in [6.07, 6.45) is 1.89. The lowest BCUT2D eigenvalue weighted by Gasteiger charge is -2.30. The standard InChI is InChI=1S/C13H17FN2OS/c1-9(8-18-2)16-12(17)7-15-13(16)10-3-5-11(14)6-4-10/h3-6,9,13,15H,7-8H2,1-2H3. The molecule has 1 heterocycles. The SMILES string of the molecule is CSCC(C)N1C(=O)CNC1c1ccc(F)cc1. The summed E-state index contributed by atoms with van der Waals surface area (Å²) in [5.41, 5.74) is 0.926. The first kappa shape index (κ1) is 13.4. The maximum atomic E-state index is 12.9. The van der Waals surface area contributed by atoms with Crippen molar-refractivity contribution in [3.05, 3.63) is 35.6 Å². The molecule has 1 saturated heterocycles. The Morgan fingerprint density at radius 1 is 1.50 bits per heavy atom. The van der Waals surface area contributed by atoms with Gasteiger partial charge in [0, 0.05) is 11.8 Å². The molecule has 2 rings (SSSR count). The quantitative estimate of drug-likeness (QED) is 0.906. The molecule has 0 bridgehead atoms. The lowest BCUT2D eigenvalue weighted by molar-refractivity contribution is -0.129. The van der Waals surface area contributed by atoms with E-state index in [-0.39, 0.29) is 23.9 Å². The Kier molecular flexibility index (Phi) is 4.24. The molecule has 1 aromatic carbocycles. The average Bonchev–Trinajstić information content (AvgIpc) is 2.72. The number of halogens is 1. The van der Waals surface area contributed by atoms with Gasteiger partial charge in [-0.25, -0.2) is 4.39 Å². The summed E-state index contributed by atoms with van der Waals surface area (Å²) in [6.45, 7) is 2.39. The van der Waals surface area contributed by atoms with E-state index >= 15 is 0 Å². The number of carbonyl (C=O) groups excluding carboxylic acids is 1. The van der Waals surface area contributed by atoms with Crippen LogP contribution in [0, 0.1) is 5.82 Å². The highest BCUT2D eigenvalue weighted by atomic mass is 32.2. The molecule has 1 fully saturated rings. The summed E-state index contributed by atoms with van der Waals surface area (Å²) in [4.78, 5) is 13.8. The second-order valence-corrected chi connectivity index (χ2v) is 5.35. The van der Waals surface area contributed by atoms with E-state index in [9.17, 15) is 9.18 Å². The van der Waals surface area contributed by atoms with Crippen molar-refractivity contribution in [2.75, 3.05) is 18.6 Å². The second-order valence-electron chi connectivity index (χ2n) is 4.44. The molecule has 0 spiro atoms. The zero-order valence-corrected chi connectivity index (χ0v) is 11.3. The fourth-order valence-electron chi connectivity index (χ4n) is 2.26. The summed E-state index contributed by atoms with van der Waals surface area (Å²) in [5, 5.41) is 3.18. The number of rotatable bonds is 4. The number of hydrogen-bond donors (Lipinski definition) is 1. The largest absolute Gasteiger partial charge is 0.318 e. The van der Waals surface area contributed by atoms with E-state index < -0.39 is 0 Å². The van der Waals surface area contributed by atoms with E-state index in [1.54, 1.807) is 23.9 Å². The zero-order chi connectivity index (χ0) is 13.1. The Labute approximate surface area is 111 Å². The molecule has 0 aromatic heterocycles. The van der Waals surface area contributed by atoms with Gasteiger partial charge in [0.25, 0.3) is 0 Å². The van der Waals surface area contributed by atoms with Gasteiger partial charge in [-0.15, -0.1) is 0 Å². The summed E-state index contributed by atoms with van der Waals surface area (Å²) in [5.74, 6) is 0.739. The van der Waals surface area contributed by atoms with Gasteiger partial charge in [0.05, 0.1) is 6.54 Å². The van der Waals surface area contributed by atoms with E-state index in [1.165, 1.54) is 12.1 Å². The van der Waals surface area contributed by atoms with Gasteiger partial charge >= 0.3 is 0 Å². The van der Waals surface area contributed by atoms with Crippen LogP contribution in [0.25, 0.3) is 0 Å². The monoisotopic (exact) mass is 268 g/mol. The fraction of sp³-hybridized carbons (Fsp3) is 0.462. The molecule has 1 aliphatic rings. The van der Waals surface area contributed by atoms with Gasteiger partial charge in [0.2, 0.25) is 5.91 Å². The average molecular weight is 268 g/mol. The lowest BCUT2D eigenvalue weighted by atomic mass is 10.1. The van der Waals surface area contributed by atoms with Crippen LogP contribution in [-0.2, 0) is 4.79 Å². The number of nitrogens with one attached hydrogen (secondary N) is 1. The molecule has 0 saturated carbocycles. The first-order valence-corrected chi connectivity index (χ1v) is 7.32. The van der Waals surface area contributed by atoms with Crippen LogP contribution in [-0.4, -0.2) is 35.4 Å². The number of amides is 1. The van der Waals surface area contributed by atoms with Crippen molar-refractivity contribution in [3.63, 3.8) is 0 Å². The Hall–Kier alpha value is -1.07. The molecular weight excluding hydrogens is 251 g/mol. The van der Waals surface area contributed by atoms with Crippen molar-refractivity contribution >= 4 is 17.7 Å². The summed E-state index contributed by atoms with van der Waals surface area (Å²) >= 11 is 1.72. The Balaban J connectivity index is 2.20. The predicted octanol–water partition coefficient (Wildman–Crippen LogP) is 2.01. The second kappa shape index (κ2) is 5.71. The van der Waals surface area contributed by atoms with Gasteiger partial charge in [-0.3, -0.25) is 10.1 Å². The highest BCUT2D eigenvalue weighted by molar-refractivity contribution is 7.98. The van der Waals surface area contributed by atoms with Crippen LogP contribution in [0.5, 0.6) is 0 Å². The van der Waals surface area contributed by atoms with Gasteiger partial charge in [-0.1, -0.05) is 12.1 Å². The predicted molar refractivity (Wildman–Crippen MR) is 71.8 cm³/mol. The van der Waals surface area contributed by atoms with Gasteiger partial charge in [0.15, 0.2) is 0 Å². The van der Waals surface area contributed by atoms with Gasteiger partial charge in [0.1, 0.15) is 12.0 Å². The summed E-state index contributed by atoms with van der Waals surface area (Å²) in [7, 11) is 0. The van der Waals surface area contributed by atoms with E-state index in [0.717, 1.165) is 11.3 Å². The van der Waals surface area contributed by atoms with Crippen molar-refractivity contribution in [1.29, 1.82) is 0 Å². The number of carbonyl (C=O) groups is 1. The lowest BCUT2D eigenvalue weighted by Crippen LogP contribution is -2.39. The van der Waals surface area contributed by atoms with Crippen molar-refractivity contribution in [1.82, 2.24) is 10.2 Å². The number of thioether (sulfide) groups is 1. The van der Waals surface area contributed by atoms with Gasteiger partial charge < -0.3 is 4.90 Å². The van der Waals surface area contributed by atoms with Crippen molar-refractivity contribution in [3.8, 4) is 0 Å². The summed E-state index contributed by atoms with van der Waals surface area (Å²) in [6, 6.07) is 6.47. The van der Waals surface area contributed by atoms with Crippen LogP contribution in [0.1, 0.15) is 18.7 Å². The Bertz CT molecular complexity index is 424. The van der Waals surface area contributed by atoms with Crippen LogP contribution in [0.15, 0.2) is 24.3 Å². The molecule has 3 nitrogen and oxygen atoms in total. The minimum Gasteiger partial charge on any atom is -0.318 e. The minimum absolute atomic E-state index is 0.103. The molecule has 2 atom stereocenters. The molecule has 0 aliphatic carbocycles. The third-order valence-electron chi connectivity index (χ3n) is 3.08. The van der Waals surface area contributed by atoms with Crippen LogP contribution >= 0.6 is 11.8 Å². The molecule has 1 N–H and O–H groups in total. The van der Waals surface area contributed by atoms with Crippen molar-refractivity contribution in [2.24, 2.45) is 0 Å². The molecule has 1 amide bonds. The zero-order valence-electron chi connectivity index (χ0n) is 10.5. The topological polar surface area (TPSA) is 32.3 Å². The van der Waals surface area contributed by atoms with Crippen molar-refractivity contribution < 1.29 is 9.18 Å². The molecule has 1 aliphatic heterocycles. The molecule has 1 aromatic rings. The van der Waals surface area contributed by atoms with Gasteiger partial charge in [-0.05, 0) is 30.9 Å². The molecule has 5 heteroatoms. The van der Waals surface area contributed by atoms with Gasteiger partial charge in [-0.2, -0.15) is 11.8 Å². The maximum Gasteiger partial charge on any atom is 0.238 e. The van der Waals surface area contributed by atoms with E-state index in [1.807, 2.05) is 18.1 Å². The molecule has 2 unspecified atom stereocenters. The highest BCUT2D eigenvalue weighted by Crippen LogP contribution is 2.25. The molecule has 98 valence electrons. The van der Waals surface area contributed by atoms with E-state index in [2.05, 4.69) is 5.32 Å². The number of benzene rings is 1. The third-order valence-corrected chi connectivity index (χ3v) is 3.90. The highest BCUT2D eigenvalue weighted by Gasteiger charge is 2.34. The number of hydrogen-bond acceptors (Lipinski definition) is 3. The first-order valence-electron chi connectivity index (χ1n) is 5.92. The first-order chi connectivity index (χ1) is 8.63. The van der Waals surface area contributed by atoms with Crippen LogP contribution in [0.2, 0.25) is 0 Å². The fourth-order valence-corrected chi connectivity index (χ4v) is 2.91. The minimum atomic E-state index is -0.258.